The molecule has 0 aromatic rings. The number of aliphatic hydroxyl groups is 1. The predicted octanol–water partition coefficient (Wildman–Crippen LogP) is 4.42. The molecule has 0 radical (unpaired) electrons. The van der Waals surface area contributed by atoms with Gasteiger partial charge in [0.2, 0.25) is 0 Å². The van der Waals surface area contributed by atoms with Gasteiger partial charge in [-0.15, -0.1) is 0 Å². The Hall–Kier alpha value is -1.93. The highest BCUT2D eigenvalue weighted by Crippen LogP contribution is 2.38. The molecule has 0 aromatic heterocycles. The number of unbranched alkanes of at least 4 members (excludes halogenated alkanes) is 3. The third-order valence-corrected chi connectivity index (χ3v) is 5.21. The molecule has 4 atom stereocenters. The molecule has 0 aromatic carbocycles. The van der Waals surface area contributed by atoms with Gasteiger partial charge in [0.05, 0.1) is 17.6 Å². The highest BCUT2D eigenvalue weighted by molar-refractivity contribution is 5.85. The van der Waals surface area contributed by atoms with Crippen molar-refractivity contribution in [3.63, 3.8) is 0 Å². The van der Waals surface area contributed by atoms with E-state index >= 15 is 0 Å². The lowest BCUT2D eigenvalue weighted by atomic mass is 9.85. The van der Waals surface area contributed by atoms with Crippen LogP contribution in [0.25, 0.3) is 0 Å². The maximum Gasteiger partial charge on any atom is 0.303 e. The first kappa shape index (κ1) is 23.1. The van der Waals surface area contributed by atoms with E-state index < -0.39 is 11.6 Å². The molecule has 0 amide bonds. The number of hydrogen-bond donors (Lipinski definition) is 2. The molecular formula is C22H33NO4. The van der Waals surface area contributed by atoms with Crippen molar-refractivity contribution in [3.05, 3.63) is 24.3 Å². The Morgan fingerprint density at radius 3 is 2.70 bits per heavy atom. The van der Waals surface area contributed by atoms with Crippen LogP contribution in [0.5, 0.6) is 0 Å². The molecule has 0 bridgehead atoms. The molecule has 1 aliphatic carbocycles. The van der Waals surface area contributed by atoms with E-state index in [1.807, 2.05) is 18.2 Å². The van der Waals surface area contributed by atoms with Crippen LogP contribution in [0.15, 0.2) is 24.3 Å². The Morgan fingerprint density at radius 1 is 1.33 bits per heavy atom. The number of carboxylic acid groups (broad SMARTS) is 1. The minimum Gasteiger partial charge on any atom is -0.481 e. The van der Waals surface area contributed by atoms with Gasteiger partial charge in [0.15, 0.2) is 0 Å². The molecule has 1 rings (SSSR count). The summed E-state index contributed by atoms with van der Waals surface area (Å²) in [6.45, 7) is 3.89. The van der Waals surface area contributed by atoms with E-state index in [0.29, 0.717) is 25.7 Å². The second kappa shape index (κ2) is 11.7. The molecule has 0 spiro atoms. The van der Waals surface area contributed by atoms with Crippen LogP contribution >= 0.6 is 0 Å². The number of ketones is 1. The zero-order chi connectivity index (χ0) is 20.3. The highest BCUT2D eigenvalue weighted by Gasteiger charge is 2.40. The summed E-state index contributed by atoms with van der Waals surface area (Å²) in [7, 11) is 0. The maximum atomic E-state index is 12.3. The standard InChI is InChI=1S/C22H33NO4/c1-3-4-9-13-22(2,27)14-12-18-17(16-23)15-20(24)19(18)10-7-5-6-8-11-21(25)26/h5,7,12,14,17-19,27H,3-4,6,8-11,13,15H2,1-2H3,(H,25,26). The molecule has 2 N–H and O–H groups in total. The third kappa shape index (κ3) is 8.53. The molecule has 0 saturated heterocycles. The Balaban J connectivity index is 2.68. The van der Waals surface area contributed by atoms with Crippen LogP contribution in [-0.4, -0.2) is 27.6 Å². The lowest BCUT2D eigenvalue weighted by molar-refractivity contribution is -0.137. The van der Waals surface area contributed by atoms with Gasteiger partial charge in [-0.2, -0.15) is 5.26 Å². The van der Waals surface area contributed by atoms with E-state index in [-0.39, 0.29) is 36.4 Å². The largest absolute Gasteiger partial charge is 0.481 e. The fourth-order valence-electron chi connectivity index (χ4n) is 3.55. The SMILES string of the molecule is CCCCCC(C)(O)C=CC1C(C#N)CC(=O)C1CC=CCCCC(=O)O. The van der Waals surface area contributed by atoms with E-state index in [2.05, 4.69) is 13.0 Å². The summed E-state index contributed by atoms with van der Waals surface area (Å²) >= 11 is 0. The van der Waals surface area contributed by atoms with Crippen LogP contribution in [0.2, 0.25) is 0 Å². The summed E-state index contributed by atoms with van der Waals surface area (Å²) in [6.07, 6.45) is 13.5. The molecule has 1 fully saturated rings. The van der Waals surface area contributed by atoms with Crippen molar-refractivity contribution in [1.82, 2.24) is 0 Å². The van der Waals surface area contributed by atoms with Gasteiger partial charge in [-0.05, 0) is 32.6 Å². The first-order valence-corrected chi connectivity index (χ1v) is 10.0. The number of Topliss-reactive ketones (excluding diaryl/α,β-unsaturated/α-hetero) is 1. The monoisotopic (exact) mass is 375 g/mol. The lowest BCUT2D eigenvalue weighted by Crippen LogP contribution is -2.22. The molecule has 5 heteroatoms. The van der Waals surface area contributed by atoms with Crippen LogP contribution in [0, 0.1) is 29.1 Å². The Kier molecular flexibility index (Phi) is 10.0. The van der Waals surface area contributed by atoms with Gasteiger partial charge in [-0.1, -0.05) is 50.5 Å². The predicted molar refractivity (Wildman–Crippen MR) is 105 cm³/mol. The molecule has 1 aliphatic rings. The number of rotatable bonds is 12. The summed E-state index contributed by atoms with van der Waals surface area (Å²) in [5.74, 6) is -1.47. The average Bonchev–Trinajstić information content (AvgIpc) is 2.91. The highest BCUT2D eigenvalue weighted by atomic mass is 16.4. The van der Waals surface area contributed by atoms with Gasteiger partial charge in [-0.25, -0.2) is 0 Å². The number of carbonyl (C=O) groups excluding carboxylic acids is 1. The van der Waals surface area contributed by atoms with Crippen molar-refractivity contribution in [2.75, 3.05) is 0 Å². The Morgan fingerprint density at radius 2 is 2.07 bits per heavy atom. The number of aliphatic carboxylic acids is 1. The second-order valence-electron chi connectivity index (χ2n) is 7.76. The van der Waals surface area contributed by atoms with Crippen molar-refractivity contribution in [2.45, 2.75) is 77.2 Å². The van der Waals surface area contributed by atoms with Crippen molar-refractivity contribution in [2.24, 2.45) is 17.8 Å². The maximum absolute atomic E-state index is 12.3. The molecule has 4 unspecified atom stereocenters. The van der Waals surface area contributed by atoms with E-state index in [0.717, 1.165) is 19.3 Å². The zero-order valence-corrected chi connectivity index (χ0v) is 16.6. The Labute approximate surface area is 162 Å². The molecule has 0 aliphatic heterocycles. The number of nitrogens with zero attached hydrogens (tertiary/aromatic N) is 1. The van der Waals surface area contributed by atoms with Crippen molar-refractivity contribution in [1.29, 1.82) is 5.26 Å². The van der Waals surface area contributed by atoms with Gasteiger partial charge < -0.3 is 10.2 Å². The molecule has 27 heavy (non-hydrogen) atoms. The molecule has 1 saturated carbocycles. The Bertz CT molecular complexity index is 586. The van der Waals surface area contributed by atoms with Gasteiger partial charge in [0.1, 0.15) is 5.78 Å². The van der Waals surface area contributed by atoms with Crippen molar-refractivity contribution >= 4 is 11.8 Å². The van der Waals surface area contributed by atoms with Crippen LogP contribution in [-0.2, 0) is 9.59 Å². The van der Waals surface area contributed by atoms with E-state index in [4.69, 9.17) is 5.11 Å². The van der Waals surface area contributed by atoms with Crippen LogP contribution in [0.3, 0.4) is 0 Å². The molecule has 150 valence electrons. The van der Waals surface area contributed by atoms with Gasteiger partial charge in [0.25, 0.3) is 0 Å². The van der Waals surface area contributed by atoms with Crippen molar-refractivity contribution in [3.8, 4) is 6.07 Å². The van der Waals surface area contributed by atoms with Crippen LogP contribution in [0.1, 0.15) is 71.6 Å². The summed E-state index contributed by atoms with van der Waals surface area (Å²) in [4.78, 5) is 22.8. The molecule has 5 nitrogen and oxygen atoms in total. The van der Waals surface area contributed by atoms with Crippen molar-refractivity contribution < 1.29 is 19.8 Å². The number of allylic oxidation sites excluding steroid dienone is 3. The smallest absolute Gasteiger partial charge is 0.303 e. The van der Waals surface area contributed by atoms with E-state index in [1.165, 1.54) is 0 Å². The molecule has 0 heterocycles. The van der Waals surface area contributed by atoms with Crippen LogP contribution < -0.4 is 0 Å². The average molecular weight is 376 g/mol. The summed E-state index contributed by atoms with van der Waals surface area (Å²) < 4.78 is 0. The van der Waals surface area contributed by atoms with Crippen LogP contribution in [0.4, 0.5) is 0 Å². The molecular weight excluding hydrogens is 342 g/mol. The van der Waals surface area contributed by atoms with Gasteiger partial charge in [-0.3, -0.25) is 9.59 Å². The lowest BCUT2D eigenvalue weighted by Gasteiger charge is -2.21. The zero-order valence-electron chi connectivity index (χ0n) is 16.6. The van der Waals surface area contributed by atoms with E-state index in [1.54, 1.807) is 13.0 Å². The number of hydrogen-bond acceptors (Lipinski definition) is 4. The fourth-order valence-corrected chi connectivity index (χ4v) is 3.55. The first-order valence-electron chi connectivity index (χ1n) is 10.0. The summed E-state index contributed by atoms with van der Waals surface area (Å²) in [5.41, 5.74) is -0.919. The number of nitriles is 1. The second-order valence-corrected chi connectivity index (χ2v) is 7.76. The quantitative estimate of drug-likeness (QED) is 0.388. The summed E-state index contributed by atoms with van der Waals surface area (Å²) in [6, 6.07) is 2.24. The minimum atomic E-state index is -0.919. The number of carboxylic acids is 1. The normalized spacial score (nSPS) is 25.1. The third-order valence-electron chi connectivity index (χ3n) is 5.21. The van der Waals surface area contributed by atoms with Gasteiger partial charge >= 0.3 is 5.97 Å². The first-order chi connectivity index (χ1) is 12.8. The fraction of sp³-hybridized carbons (Fsp3) is 0.682. The van der Waals surface area contributed by atoms with E-state index in [9.17, 15) is 20.0 Å². The topological polar surface area (TPSA) is 98.4 Å². The van der Waals surface area contributed by atoms with Gasteiger partial charge in [0, 0.05) is 24.7 Å². The summed E-state index contributed by atoms with van der Waals surface area (Å²) in [5, 5.41) is 28.5. The number of carbonyl (C=O) groups is 2. The minimum absolute atomic E-state index is 0.0945.